The van der Waals surface area contributed by atoms with E-state index >= 15 is 0 Å². The average Bonchev–Trinajstić information content (AvgIpc) is 2.98. The zero-order valence-electron chi connectivity index (χ0n) is 12.5. The standard InChI is InChI=1S/C16H16FN3O2S/c1-18-15-5-2-10(9-19-15)16-20-12-4-3-11(8-13(12)23-16)22-7-6-14(17)21/h2-5,8-9,14,21H,6-7H2,1H3,(H,18,19)/t14-/m1/s1. The van der Waals surface area contributed by atoms with E-state index in [2.05, 4.69) is 15.3 Å². The van der Waals surface area contributed by atoms with Crippen molar-refractivity contribution < 1.29 is 14.2 Å². The van der Waals surface area contributed by atoms with E-state index < -0.39 is 6.36 Å². The minimum atomic E-state index is -1.85. The first-order valence-electron chi connectivity index (χ1n) is 7.15. The van der Waals surface area contributed by atoms with Gasteiger partial charge in [0.25, 0.3) is 0 Å². The molecule has 2 N–H and O–H groups in total. The van der Waals surface area contributed by atoms with Crippen LogP contribution in [0.25, 0.3) is 20.8 Å². The summed E-state index contributed by atoms with van der Waals surface area (Å²) in [4.78, 5) is 8.88. The van der Waals surface area contributed by atoms with Gasteiger partial charge in [-0.15, -0.1) is 11.3 Å². The third kappa shape index (κ3) is 3.75. The van der Waals surface area contributed by atoms with Gasteiger partial charge in [0, 0.05) is 25.2 Å². The molecule has 2 heterocycles. The largest absolute Gasteiger partial charge is 0.493 e. The van der Waals surface area contributed by atoms with E-state index in [1.807, 2.05) is 31.3 Å². The number of aliphatic hydroxyl groups is 1. The number of alkyl halides is 1. The quantitative estimate of drug-likeness (QED) is 0.723. The van der Waals surface area contributed by atoms with Crippen LogP contribution < -0.4 is 10.1 Å². The SMILES string of the molecule is CNc1ccc(-c2nc3ccc(OCC[C@@H](O)F)cc3s2)cn1. The molecule has 23 heavy (non-hydrogen) atoms. The summed E-state index contributed by atoms with van der Waals surface area (Å²) in [6.07, 6.45) is -0.110. The Hall–Kier alpha value is -2.25. The molecule has 0 aliphatic rings. The number of thiazole rings is 1. The van der Waals surface area contributed by atoms with E-state index in [4.69, 9.17) is 9.84 Å². The fourth-order valence-electron chi connectivity index (χ4n) is 2.06. The predicted octanol–water partition coefficient (Wildman–Crippen LogP) is 3.46. The van der Waals surface area contributed by atoms with Crippen LogP contribution in [-0.2, 0) is 0 Å². The Morgan fingerprint density at radius 3 is 2.91 bits per heavy atom. The summed E-state index contributed by atoms with van der Waals surface area (Å²) in [5, 5.41) is 12.5. The summed E-state index contributed by atoms with van der Waals surface area (Å²) >= 11 is 1.54. The average molecular weight is 333 g/mol. The first-order chi connectivity index (χ1) is 11.2. The molecule has 0 bridgehead atoms. The number of aliphatic hydroxyl groups excluding tert-OH is 1. The molecule has 0 unspecified atom stereocenters. The van der Waals surface area contributed by atoms with Crippen LogP contribution in [0.15, 0.2) is 36.5 Å². The fraction of sp³-hybridized carbons (Fsp3) is 0.250. The monoisotopic (exact) mass is 333 g/mol. The lowest BCUT2D eigenvalue weighted by Crippen LogP contribution is -2.06. The fourth-order valence-corrected chi connectivity index (χ4v) is 3.04. The lowest BCUT2D eigenvalue weighted by Gasteiger charge is -2.05. The van der Waals surface area contributed by atoms with Crippen molar-refractivity contribution in [1.29, 1.82) is 0 Å². The van der Waals surface area contributed by atoms with E-state index in [1.165, 1.54) is 0 Å². The summed E-state index contributed by atoms with van der Waals surface area (Å²) in [6.45, 7) is 0.129. The molecule has 0 saturated heterocycles. The molecular formula is C16H16FN3O2S. The van der Waals surface area contributed by atoms with Crippen molar-refractivity contribution in [2.45, 2.75) is 12.8 Å². The summed E-state index contributed by atoms with van der Waals surface area (Å²) in [6, 6.07) is 9.40. The van der Waals surface area contributed by atoms with Crippen LogP contribution in [0.3, 0.4) is 0 Å². The van der Waals surface area contributed by atoms with Gasteiger partial charge < -0.3 is 15.2 Å². The molecule has 1 aromatic carbocycles. The summed E-state index contributed by atoms with van der Waals surface area (Å²) < 4.78 is 18.8. The number of nitrogens with one attached hydrogen (secondary N) is 1. The number of benzene rings is 1. The van der Waals surface area contributed by atoms with Gasteiger partial charge in [0.1, 0.15) is 16.6 Å². The van der Waals surface area contributed by atoms with Crippen LogP contribution in [0.5, 0.6) is 5.75 Å². The number of ether oxygens (including phenoxy) is 1. The van der Waals surface area contributed by atoms with Gasteiger partial charge >= 0.3 is 0 Å². The first kappa shape index (κ1) is 15.6. The Bertz CT molecular complexity index is 790. The Kier molecular flexibility index (Phi) is 4.68. The van der Waals surface area contributed by atoms with Gasteiger partial charge in [-0.25, -0.2) is 14.4 Å². The Labute approximate surface area is 136 Å². The lowest BCUT2D eigenvalue weighted by molar-refractivity contribution is 0.0231. The Morgan fingerprint density at radius 1 is 1.35 bits per heavy atom. The number of hydrogen-bond acceptors (Lipinski definition) is 6. The summed E-state index contributed by atoms with van der Waals surface area (Å²) in [5.41, 5.74) is 1.83. The van der Waals surface area contributed by atoms with Crippen molar-refractivity contribution in [3.8, 4) is 16.3 Å². The number of aromatic nitrogens is 2. The van der Waals surface area contributed by atoms with E-state index in [1.54, 1.807) is 23.6 Å². The molecule has 3 aromatic rings. The van der Waals surface area contributed by atoms with Gasteiger partial charge in [0.2, 0.25) is 0 Å². The number of rotatable bonds is 6. The smallest absolute Gasteiger partial charge is 0.199 e. The highest BCUT2D eigenvalue weighted by Crippen LogP contribution is 2.32. The molecule has 2 aromatic heterocycles. The highest BCUT2D eigenvalue weighted by molar-refractivity contribution is 7.21. The normalized spacial score (nSPS) is 12.3. The third-order valence-electron chi connectivity index (χ3n) is 3.25. The highest BCUT2D eigenvalue weighted by atomic mass is 32.1. The molecule has 1 atom stereocenters. The van der Waals surface area contributed by atoms with Gasteiger partial charge in [-0.2, -0.15) is 0 Å². The van der Waals surface area contributed by atoms with Crippen molar-refractivity contribution in [2.24, 2.45) is 0 Å². The van der Waals surface area contributed by atoms with Crippen molar-refractivity contribution in [3.63, 3.8) is 0 Å². The predicted molar refractivity (Wildman–Crippen MR) is 89.6 cm³/mol. The number of fused-ring (bicyclic) bond motifs is 1. The molecule has 0 radical (unpaired) electrons. The van der Waals surface area contributed by atoms with E-state index in [9.17, 15) is 4.39 Å². The second-order valence-corrected chi connectivity index (χ2v) is 5.93. The van der Waals surface area contributed by atoms with Crippen molar-refractivity contribution in [1.82, 2.24) is 9.97 Å². The van der Waals surface area contributed by atoms with Gasteiger partial charge in [-0.3, -0.25) is 0 Å². The molecule has 0 amide bonds. The second-order valence-electron chi connectivity index (χ2n) is 4.90. The Balaban J connectivity index is 1.80. The molecule has 0 fully saturated rings. The molecule has 0 saturated carbocycles. The lowest BCUT2D eigenvalue weighted by atomic mass is 10.3. The molecule has 0 spiro atoms. The third-order valence-corrected chi connectivity index (χ3v) is 4.32. The van der Waals surface area contributed by atoms with Crippen LogP contribution >= 0.6 is 11.3 Å². The molecular weight excluding hydrogens is 317 g/mol. The minimum absolute atomic E-state index is 0.0462. The first-order valence-corrected chi connectivity index (χ1v) is 7.97. The van der Waals surface area contributed by atoms with Crippen molar-refractivity contribution in [3.05, 3.63) is 36.5 Å². The Morgan fingerprint density at radius 2 is 2.22 bits per heavy atom. The van der Waals surface area contributed by atoms with Crippen LogP contribution in [0, 0.1) is 0 Å². The maximum Gasteiger partial charge on any atom is 0.199 e. The van der Waals surface area contributed by atoms with Crippen LogP contribution in [-0.4, -0.2) is 35.1 Å². The molecule has 0 aliphatic heterocycles. The van der Waals surface area contributed by atoms with E-state index in [-0.39, 0.29) is 13.0 Å². The molecule has 120 valence electrons. The minimum Gasteiger partial charge on any atom is -0.493 e. The van der Waals surface area contributed by atoms with Crippen molar-refractivity contribution >= 4 is 27.4 Å². The summed E-state index contributed by atoms with van der Waals surface area (Å²) in [7, 11) is 1.82. The number of pyridine rings is 1. The van der Waals surface area contributed by atoms with Gasteiger partial charge in [-0.05, 0) is 30.3 Å². The van der Waals surface area contributed by atoms with E-state index in [0.717, 1.165) is 26.6 Å². The highest BCUT2D eigenvalue weighted by Gasteiger charge is 2.08. The van der Waals surface area contributed by atoms with Crippen LogP contribution in [0.1, 0.15) is 6.42 Å². The maximum absolute atomic E-state index is 12.4. The van der Waals surface area contributed by atoms with Gasteiger partial charge in [0.05, 0.1) is 16.8 Å². The van der Waals surface area contributed by atoms with Gasteiger partial charge in [0.15, 0.2) is 6.36 Å². The number of nitrogens with zero attached hydrogens (tertiary/aromatic N) is 2. The van der Waals surface area contributed by atoms with E-state index in [0.29, 0.717) is 5.75 Å². The molecule has 5 nitrogen and oxygen atoms in total. The number of hydrogen-bond donors (Lipinski definition) is 2. The van der Waals surface area contributed by atoms with Crippen LogP contribution in [0.4, 0.5) is 10.2 Å². The van der Waals surface area contributed by atoms with Crippen LogP contribution in [0.2, 0.25) is 0 Å². The van der Waals surface area contributed by atoms with Gasteiger partial charge in [-0.1, -0.05) is 0 Å². The van der Waals surface area contributed by atoms with Crippen molar-refractivity contribution in [2.75, 3.05) is 19.0 Å². The number of anilines is 1. The zero-order valence-corrected chi connectivity index (χ0v) is 13.3. The second kappa shape index (κ2) is 6.89. The zero-order chi connectivity index (χ0) is 16.2. The summed E-state index contributed by atoms with van der Waals surface area (Å²) in [5.74, 6) is 1.44. The molecule has 7 heteroatoms. The maximum atomic E-state index is 12.4. The molecule has 3 rings (SSSR count). The molecule has 0 aliphatic carbocycles. The topological polar surface area (TPSA) is 67.3 Å². The number of halogens is 1.